The highest BCUT2D eigenvalue weighted by atomic mass is 32.1. The molecule has 1 aromatic heterocycles. The van der Waals surface area contributed by atoms with Crippen LogP contribution in [0.25, 0.3) is 0 Å². The first-order chi connectivity index (χ1) is 13.4. The molecule has 28 heavy (non-hydrogen) atoms. The average molecular weight is 402 g/mol. The summed E-state index contributed by atoms with van der Waals surface area (Å²) in [7, 11) is 0. The Balaban J connectivity index is 2.16. The van der Waals surface area contributed by atoms with Gasteiger partial charge in [0, 0.05) is 19.0 Å². The molecule has 7 heteroatoms. The van der Waals surface area contributed by atoms with Crippen LogP contribution in [0.3, 0.4) is 0 Å². The zero-order valence-electron chi connectivity index (χ0n) is 16.5. The topological polar surface area (TPSA) is 78.5 Å². The van der Waals surface area contributed by atoms with Crippen molar-refractivity contribution in [1.82, 2.24) is 15.5 Å². The third-order valence-electron chi connectivity index (χ3n) is 4.11. The predicted octanol–water partition coefficient (Wildman–Crippen LogP) is 2.46. The minimum absolute atomic E-state index is 0.0000415. The van der Waals surface area contributed by atoms with Crippen LogP contribution in [-0.2, 0) is 16.0 Å². The maximum atomic E-state index is 13.1. The highest BCUT2D eigenvalue weighted by Crippen LogP contribution is 2.11. The van der Waals surface area contributed by atoms with E-state index in [4.69, 9.17) is 0 Å². The lowest BCUT2D eigenvalue weighted by molar-refractivity contribution is -0.137. The van der Waals surface area contributed by atoms with E-state index in [1.165, 1.54) is 16.2 Å². The third kappa shape index (κ3) is 6.49. The summed E-state index contributed by atoms with van der Waals surface area (Å²) in [5.41, 5.74) is 0.940. The van der Waals surface area contributed by atoms with Crippen LogP contribution < -0.4 is 10.6 Å². The summed E-state index contributed by atoms with van der Waals surface area (Å²) >= 11 is 1.32. The number of carbonyl (C=O) groups excluding carboxylic acids is 3. The van der Waals surface area contributed by atoms with E-state index >= 15 is 0 Å². The van der Waals surface area contributed by atoms with Gasteiger partial charge in [-0.1, -0.05) is 36.4 Å². The summed E-state index contributed by atoms with van der Waals surface area (Å²) in [5.74, 6) is -0.768. The lowest BCUT2D eigenvalue weighted by Crippen LogP contribution is -2.52. The largest absolute Gasteiger partial charge is 0.352 e. The van der Waals surface area contributed by atoms with Gasteiger partial charge in [-0.3, -0.25) is 14.4 Å². The fraction of sp³-hybridized carbons (Fsp3) is 0.381. The highest BCUT2D eigenvalue weighted by molar-refractivity contribution is 7.12. The first kappa shape index (κ1) is 21.6. The SMILES string of the molecule is CCN(CC(=O)NC(C)C)C(=O)C(Cc1ccccc1)NC(=O)c1cccs1. The predicted molar refractivity (Wildman–Crippen MR) is 111 cm³/mol. The number of nitrogens with one attached hydrogen (secondary N) is 2. The Hall–Kier alpha value is -2.67. The van der Waals surface area contributed by atoms with Gasteiger partial charge in [-0.15, -0.1) is 11.3 Å². The third-order valence-corrected chi connectivity index (χ3v) is 4.98. The van der Waals surface area contributed by atoms with Crippen LogP contribution >= 0.6 is 11.3 Å². The minimum Gasteiger partial charge on any atom is -0.352 e. The number of likely N-dealkylation sites (N-methyl/N-ethyl adjacent to an activating group) is 1. The molecule has 1 heterocycles. The molecule has 0 radical (unpaired) electrons. The summed E-state index contributed by atoms with van der Waals surface area (Å²) in [6.07, 6.45) is 0.360. The Morgan fingerprint density at radius 1 is 1.04 bits per heavy atom. The molecular formula is C21H27N3O3S. The second-order valence-corrected chi connectivity index (χ2v) is 7.72. The van der Waals surface area contributed by atoms with E-state index in [0.29, 0.717) is 17.8 Å². The number of thiophene rings is 1. The second kappa shape index (κ2) is 10.6. The molecule has 2 rings (SSSR count). The Morgan fingerprint density at radius 2 is 1.75 bits per heavy atom. The average Bonchev–Trinajstić information content (AvgIpc) is 3.20. The lowest BCUT2D eigenvalue weighted by Gasteiger charge is -2.27. The van der Waals surface area contributed by atoms with Crippen LogP contribution in [0.15, 0.2) is 47.8 Å². The van der Waals surface area contributed by atoms with E-state index in [0.717, 1.165) is 5.56 Å². The minimum atomic E-state index is -0.746. The Labute approximate surface area is 169 Å². The van der Waals surface area contributed by atoms with Crippen molar-refractivity contribution in [3.05, 3.63) is 58.3 Å². The van der Waals surface area contributed by atoms with Gasteiger partial charge in [0.1, 0.15) is 6.04 Å². The van der Waals surface area contributed by atoms with Crippen LogP contribution in [0.4, 0.5) is 0 Å². The Bertz CT molecular complexity index is 775. The first-order valence-corrected chi connectivity index (χ1v) is 10.2. The van der Waals surface area contributed by atoms with Crippen LogP contribution in [-0.4, -0.2) is 47.8 Å². The molecule has 3 amide bonds. The monoisotopic (exact) mass is 401 g/mol. The Kier molecular flexibility index (Phi) is 8.19. The molecule has 0 aliphatic rings. The van der Waals surface area contributed by atoms with Crippen molar-refractivity contribution >= 4 is 29.1 Å². The van der Waals surface area contributed by atoms with E-state index < -0.39 is 6.04 Å². The first-order valence-electron chi connectivity index (χ1n) is 9.37. The van der Waals surface area contributed by atoms with Crippen molar-refractivity contribution in [3.8, 4) is 0 Å². The molecule has 0 fully saturated rings. The molecule has 2 aromatic rings. The van der Waals surface area contributed by atoms with Crippen molar-refractivity contribution in [2.24, 2.45) is 0 Å². The number of hydrogen-bond acceptors (Lipinski definition) is 4. The van der Waals surface area contributed by atoms with Gasteiger partial charge in [0.2, 0.25) is 11.8 Å². The van der Waals surface area contributed by atoms with Crippen LogP contribution in [0.2, 0.25) is 0 Å². The molecule has 0 spiro atoms. The maximum absolute atomic E-state index is 13.1. The summed E-state index contributed by atoms with van der Waals surface area (Å²) in [4.78, 5) is 39.8. The van der Waals surface area contributed by atoms with Crippen LogP contribution in [0.1, 0.15) is 36.0 Å². The number of rotatable bonds is 9. The van der Waals surface area contributed by atoms with E-state index in [9.17, 15) is 14.4 Å². The quantitative estimate of drug-likeness (QED) is 0.678. The van der Waals surface area contributed by atoms with Gasteiger partial charge in [-0.25, -0.2) is 0 Å². The lowest BCUT2D eigenvalue weighted by atomic mass is 10.0. The fourth-order valence-corrected chi connectivity index (χ4v) is 3.42. The van der Waals surface area contributed by atoms with Gasteiger partial charge in [0.05, 0.1) is 11.4 Å². The van der Waals surface area contributed by atoms with E-state index in [1.807, 2.05) is 56.5 Å². The van der Waals surface area contributed by atoms with Crippen LogP contribution in [0.5, 0.6) is 0 Å². The number of nitrogens with zero attached hydrogens (tertiary/aromatic N) is 1. The van der Waals surface area contributed by atoms with E-state index in [-0.39, 0.29) is 30.3 Å². The summed E-state index contributed by atoms with van der Waals surface area (Å²) < 4.78 is 0. The Morgan fingerprint density at radius 3 is 2.32 bits per heavy atom. The van der Waals surface area contributed by atoms with Crippen LogP contribution in [0, 0.1) is 0 Å². The molecule has 0 saturated carbocycles. The second-order valence-electron chi connectivity index (χ2n) is 6.77. The van der Waals surface area contributed by atoms with Gasteiger partial charge < -0.3 is 15.5 Å². The van der Waals surface area contributed by atoms with Crippen molar-refractivity contribution in [3.63, 3.8) is 0 Å². The molecule has 1 atom stereocenters. The molecule has 0 bridgehead atoms. The number of carbonyl (C=O) groups is 3. The van der Waals surface area contributed by atoms with Crippen molar-refractivity contribution < 1.29 is 14.4 Å². The molecule has 6 nitrogen and oxygen atoms in total. The summed E-state index contributed by atoms with van der Waals surface area (Å²) in [6, 6.07) is 12.3. The standard InChI is InChI=1S/C21H27N3O3S/c1-4-24(14-19(25)22-15(2)3)21(27)17(13-16-9-6-5-7-10-16)23-20(26)18-11-8-12-28-18/h5-12,15,17H,4,13-14H2,1-3H3,(H,22,25)(H,23,26). The molecular weight excluding hydrogens is 374 g/mol. The number of hydrogen-bond donors (Lipinski definition) is 2. The van der Waals surface area contributed by atoms with Gasteiger partial charge in [0.25, 0.3) is 5.91 Å². The molecule has 150 valence electrons. The zero-order valence-corrected chi connectivity index (χ0v) is 17.3. The summed E-state index contributed by atoms with van der Waals surface area (Å²) in [5, 5.41) is 7.46. The number of amides is 3. The van der Waals surface area contributed by atoms with Gasteiger partial charge in [-0.2, -0.15) is 0 Å². The van der Waals surface area contributed by atoms with Gasteiger partial charge in [-0.05, 0) is 37.8 Å². The highest BCUT2D eigenvalue weighted by Gasteiger charge is 2.27. The van der Waals surface area contributed by atoms with E-state index in [1.54, 1.807) is 12.1 Å². The van der Waals surface area contributed by atoms with Gasteiger partial charge >= 0.3 is 0 Å². The van der Waals surface area contributed by atoms with Gasteiger partial charge in [0.15, 0.2) is 0 Å². The fourth-order valence-electron chi connectivity index (χ4n) is 2.79. The molecule has 0 saturated heterocycles. The smallest absolute Gasteiger partial charge is 0.262 e. The van der Waals surface area contributed by atoms with E-state index in [2.05, 4.69) is 10.6 Å². The molecule has 2 N–H and O–H groups in total. The van der Waals surface area contributed by atoms with Crippen molar-refractivity contribution in [2.45, 2.75) is 39.3 Å². The molecule has 0 aliphatic carbocycles. The van der Waals surface area contributed by atoms with Crippen molar-refractivity contribution in [1.29, 1.82) is 0 Å². The normalized spacial score (nSPS) is 11.7. The maximum Gasteiger partial charge on any atom is 0.262 e. The molecule has 0 aliphatic heterocycles. The van der Waals surface area contributed by atoms with Crippen molar-refractivity contribution in [2.75, 3.05) is 13.1 Å². The number of benzene rings is 1. The molecule has 1 unspecified atom stereocenters. The molecule has 1 aromatic carbocycles. The zero-order chi connectivity index (χ0) is 20.5. The summed E-state index contributed by atoms with van der Waals surface area (Å²) in [6.45, 7) is 5.91.